The summed E-state index contributed by atoms with van der Waals surface area (Å²) >= 11 is 0. The Balaban J connectivity index is 1.28. The molecule has 1 atom stereocenters. The van der Waals surface area contributed by atoms with Gasteiger partial charge < -0.3 is 5.32 Å². The molecule has 2 aromatic carbocycles. The average Bonchev–Trinajstić information content (AvgIpc) is 3.30. The number of hydrogen-bond acceptors (Lipinski definition) is 3. The predicted octanol–water partition coefficient (Wildman–Crippen LogP) is 4.95. The van der Waals surface area contributed by atoms with Crippen molar-refractivity contribution < 1.29 is 9.18 Å². The third-order valence-electron chi connectivity index (χ3n) is 5.93. The van der Waals surface area contributed by atoms with Crippen LogP contribution in [0.2, 0.25) is 0 Å². The van der Waals surface area contributed by atoms with Crippen LogP contribution in [-0.2, 0) is 11.3 Å². The molecule has 31 heavy (non-hydrogen) atoms. The van der Waals surface area contributed by atoms with Crippen LogP contribution in [0.15, 0.2) is 60.9 Å². The van der Waals surface area contributed by atoms with Crippen molar-refractivity contribution in [3.63, 3.8) is 0 Å². The van der Waals surface area contributed by atoms with Gasteiger partial charge in [0, 0.05) is 37.6 Å². The van der Waals surface area contributed by atoms with Crippen LogP contribution >= 0.6 is 0 Å². The Hall–Kier alpha value is -2.99. The van der Waals surface area contributed by atoms with E-state index in [1.165, 1.54) is 17.7 Å². The van der Waals surface area contributed by atoms with E-state index in [0.29, 0.717) is 18.0 Å². The molecule has 0 radical (unpaired) electrons. The van der Waals surface area contributed by atoms with E-state index in [0.717, 1.165) is 50.1 Å². The second-order valence-electron chi connectivity index (χ2n) is 8.41. The van der Waals surface area contributed by atoms with Crippen molar-refractivity contribution in [1.29, 1.82) is 0 Å². The maximum Gasteiger partial charge on any atom is 0.224 e. The SMILES string of the molecule is Cc1cc(F)ccc1NC(=O)CC[C@@H]1CCCN(Cc2cccc(-n3cccn3)c2)C1. The minimum atomic E-state index is -0.284. The van der Waals surface area contributed by atoms with Crippen molar-refractivity contribution in [1.82, 2.24) is 14.7 Å². The van der Waals surface area contributed by atoms with Gasteiger partial charge >= 0.3 is 0 Å². The highest BCUT2D eigenvalue weighted by Crippen LogP contribution is 2.24. The molecule has 1 aliphatic rings. The highest BCUT2D eigenvalue weighted by atomic mass is 19.1. The lowest BCUT2D eigenvalue weighted by Crippen LogP contribution is -2.35. The lowest BCUT2D eigenvalue weighted by Gasteiger charge is -2.32. The maximum absolute atomic E-state index is 13.2. The van der Waals surface area contributed by atoms with Gasteiger partial charge in [-0.25, -0.2) is 9.07 Å². The van der Waals surface area contributed by atoms with Crippen LogP contribution in [-0.4, -0.2) is 33.7 Å². The number of amides is 1. The second kappa shape index (κ2) is 9.88. The lowest BCUT2D eigenvalue weighted by molar-refractivity contribution is -0.116. The Labute approximate surface area is 182 Å². The summed E-state index contributed by atoms with van der Waals surface area (Å²) in [6, 6.07) is 14.9. The Kier molecular flexibility index (Phi) is 6.77. The first-order valence-electron chi connectivity index (χ1n) is 10.9. The van der Waals surface area contributed by atoms with E-state index in [4.69, 9.17) is 0 Å². The molecule has 162 valence electrons. The van der Waals surface area contributed by atoms with Crippen molar-refractivity contribution in [2.75, 3.05) is 18.4 Å². The van der Waals surface area contributed by atoms with Crippen LogP contribution in [0.1, 0.15) is 36.8 Å². The first-order valence-corrected chi connectivity index (χ1v) is 10.9. The van der Waals surface area contributed by atoms with E-state index >= 15 is 0 Å². The molecule has 5 nitrogen and oxygen atoms in total. The normalized spacial score (nSPS) is 16.9. The number of nitrogens with one attached hydrogen (secondary N) is 1. The number of nitrogens with zero attached hydrogens (tertiary/aromatic N) is 3. The molecule has 1 fully saturated rings. The molecule has 0 bridgehead atoms. The number of aromatic nitrogens is 2. The number of anilines is 1. The molecule has 6 heteroatoms. The molecule has 1 aliphatic heterocycles. The Bertz CT molecular complexity index is 1020. The van der Waals surface area contributed by atoms with E-state index in [-0.39, 0.29) is 11.7 Å². The van der Waals surface area contributed by atoms with Gasteiger partial charge in [0.15, 0.2) is 0 Å². The van der Waals surface area contributed by atoms with Crippen LogP contribution in [0.25, 0.3) is 5.69 Å². The molecule has 1 amide bonds. The Morgan fingerprint density at radius 3 is 2.94 bits per heavy atom. The highest BCUT2D eigenvalue weighted by molar-refractivity contribution is 5.91. The summed E-state index contributed by atoms with van der Waals surface area (Å²) in [7, 11) is 0. The van der Waals surface area contributed by atoms with E-state index in [2.05, 4.69) is 39.6 Å². The van der Waals surface area contributed by atoms with E-state index in [1.54, 1.807) is 19.2 Å². The smallest absolute Gasteiger partial charge is 0.224 e. The summed E-state index contributed by atoms with van der Waals surface area (Å²) in [5.41, 5.74) is 3.78. The number of likely N-dealkylation sites (tertiary alicyclic amines) is 1. The zero-order valence-corrected chi connectivity index (χ0v) is 17.9. The number of halogens is 1. The van der Waals surface area contributed by atoms with Gasteiger partial charge in [-0.05, 0) is 86.2 Å². The van der Waals surface area contributed by atoms with Crippen LogP contribution < -0.4 is 5.32 Å². The number of aryl methyl sites for hydroxylation is 1. The average molecular weight is 421 g/mol. The number of rotatable bonds is 7. The molecule has 1 saturated heterocycles. The molecule has 0 spiro atoms. The second-order valence-corrected chi connectivity index (χ2v) is 8.41. The van der Waals surface area contributed by atoms with Crippen molar-refractivity contribution in [2.24, 2.45) is 5.92 Å². The van der Waals surface area contributed by atoms with Gasteiger partial charge in [0.25, 0.3) is 0 Å². The molecule has 0 unspecified atom stereocenters. The minimum Gasteiger partial charge on any atom is -0.326 e. The first kappa shape index (κ1) is 21.2. The first-order chi connectivity index (χ1) is 15.1. The number of benzene rings is 2. The zero-order valence-electron chi connectivity index (χ0n) is 17.9. The fourth-order valence-corrected chi connectivity index (χ4v) is 4.32. The molecule has 0 aliphatic carbocycles. The fraction of sp³-hybridized carbons (Fsp3) is 0.360. The van der Waals surface area contributed by atoms with E-state index in [9.17, 15) is 9.18 Å². The van der Waals surface area contributed by atoms with E-state index < -0.39 is 0 Å². The summed E-state index contributed by atoms with van der Waals surface area (Å²) in [5, 5.41) is 7.23. The van der Waals surface area contributed by atoms with Gasteiger partial charge in [-0.2, -0.15) is 5.10 Å². The molecule has 3 aromatic rings. The standard InChI is InChI=1S/C25H29FN4O/c1-19-15-22(26)9-10-24(19)28-25(31)11-8-20-6-3-13-29(17-20)18-21-5-2-7-23(16-21)30-14-4-12-27-30/h2,4-5,7,9-10,12,14-16,20H,3,6,8,11,13,17-18H2,1H3,(H,28,31)/t20-/m0/s1. The minimum absolute atomic E-state index is 0.00115. The van der Waals surface area contributed by atoms with Crippen LogP contribution in [0.3, 0.4) is 0 Å². The van der Waals surface area contributed by atoms with Gasteiger partial charge in [0.1, 0.15) is 5.82 Å². The van der Waals surface area contributed by atoms with Gasteiger partial charge in [-0.15, -0.1) is 0 Å². The summed E-state index contributed by atoms with van der Waals surface area (Å²) < 4.78 is 15.1. The van der Waals surface area contributed by atoms with Crippen molar-refractivity contribution in [3.8, 4) is 5.69 Å². The molecular weight excluding hydrogens is 391 g/mol. The van der Waals surface area contributed by atoms with Gasteiger partial charge in [-0.3, -0.25) is 9.69 Å². The number of piperidine rings is 1. The largest absolute Gasteiger partial charge is 0.326 e. The number of carbonyl (C=O) groups excluding carboxylic acids is 1. The summed E-state index contributed by atoms with van der Waals surface area (Å²) in [6.07, 6.45) is 7.42. The summed E-state index contributed by atoms with van der Waals surface area (Å²) in [5.74, 6) is 0.231. The molecular formula is C25H29FN4O. The van der Waals surface area contributed by atoms with Gasteiger partial charge in [-0.1, -0.05) is 12.1 Å². The molecule has 0 saturated carbocycles. The lowest BCUT2D eigenvalue weighted by atomic mass is 9.93. The van der Waals surface area contributed by atoms with E-state index in [1.807, 2.05) is 16.9 Å². The highest BCUT2D eigenvalue weighted by Gasteiger charge is 2.21. The van der Waals surface area contributed by atoms with Crippen LogP contribution in [0.5, 0.6) is 0 Å². The maximum atomic E-state index is 13.2. The Morgan fingerprint density at radius 1 is 1.23 bits per heavy atom. The fourth-order valence-electron chi connectivity index (χ4n) is 4.32. The van der Waals surface area contributed by atoms with Crippen molar-refractivity contribution >= 4 is 11.6 Å². The number of carbonyl (C=O) groups is 1. The van der Waals surface area contributed by atoms with Gasteiger partial charge in [0.05, 0.1) is 5.69 Å². The summed E-state index contributed by atoms with van der Waals surface area (Å²) in [4.78, 5) is 14.9. The monoisotopic (exact) mass is 420 g/mol. The summed E-state index contributed by atoms with van der Waals surface area (Å²) in [6.45, 7) is 4.81. The molecule has 4 rings (SSSR count). The topological polar surface area (TPSA) is 50.2 Å². The Morgan fingerprint density at radius 2 is 2.13 bits per heavy atom. The quantitative estimate of drug-likeness (QED) is 0.588. The zero-order chi connectivity index (χ0) is 21.6. The number of hydrogen-bond donors (Lipinski definition) is 1. The molecule has 2 heterocycles. The third-order valence-corrected chi connectivity index (χ3v) is 5.93. The van der Waals surface area contributed by atoms with Crippen LogP contribution in [0.4, 0.5) is 10.1 Å². The van der Waals surface area contributed by atoms with Crippen molar-refractivity contribution in [3.05, 3.63) is 77.9 Å². The van der Waals surface area contributed by atoms with Crippen molar-refractivity contribution in [2.45, 2.75) is 39.2 Å². The molecule has 1 N–H and O–H groups in total. The van der Waals surface area contributed by atoms with Crippen LogP contribution in [0, 0.1) is 18.7 Å². The molecule has 1 aromatic heterocycles. The van der Waals surface area contributed by atoms with Gasteiger partial charge in [0.2, 0.25) is 5.91 Å². The third kappa shape index (κ3) is 5.79. The predicted molar refractivity (Wildman–Crippen MR) is 121 cm³/mol.